The van der Waals surface area contributed by atoms with Crippen molar-refractivity contribution in [2.24, 2.45) is 0 Å². The molecule has 0 bridgehead atoms. The maximum absolute atomic E-state index is 12.7. The number of carbonyl (C=O) groups excluding carboxylic acids is 1. The molecular formula is C20H23BrN2O4S. The number of sulfonamides is 1. The van der Waals surface area contributed by atoms with E-state index in [1.165, 1.54) is 35.7 Å². The van der Waals surface area contributed by atoms with Gasteiger partial charge in [-0.15, -0.1) is 0 Å². The maximum Gasteiger partial charge on any atom is 0.248 e. The first-order valence-corrected chi connectivity index (χ1v) is 11.0. The van der Waals surface area contributed by atoms with Gasteiger partial charge in [0, 0.05) is 23.6 Å². The van der Waals surface area contributed by atoms with Crippen LogP contribution in [0.15, 0.2) is 57.9 Å². The van der Waals surface area contributed by atoms with Crippen LogP contribution in [0.5, 0.6) is 5.75 Å². The molecule has 28 heavy (non-hydrogen) atoms. The molecule has 0 atom stereocenters. The Balaban J connectivity index is 2.29. The average Bonchev–Trinajstić information content (AvgIpc) is 2.68. The van der Waals surface area contributed by atoms with Gasteiger partial charge in [-0.25, -0.2) is 8.42 Å². The van der Waals surface area contributed by atoms with Crippen LogP contribution in [0.4, 0.5) is 5.69 Å². The van der Waals surface area contributed by atoms with E-state index in [-0.39, 0.29) is 10.6 Å². The number of hydrogen-bond acceptors (Lipinski definition) is 4. The molecule has 0 saturated heterocycles. The summed E-state index contributed by atoms with van der Waals surface area (Å²) in [5.74, 6) is -0.0208. The zero-order valence-corrected chi connectivity index (χ0v) is 18.4. The lowest BCUT2D eigenvalue weighted by Gasteiger charge is -2.19. The zero-order chi connectivity index (χ0) is 20.7. The number of nitrogens with zero attached hydrogens (tertiary/aromatic N) is 1. The minimum absolute atomic E-state index is 0.0992. The first-order valence-electron chi connectivity index (χ1n) is 8.75. The Morgan fingerprint density at radius 1 is 1.18 bits per heavy atom. The van der Waals surface area contributed by atoms with Crippen LogP contribution in [-0.2, 0) is 14.8 Å². The molecular weight excluding hydrogens is 444 g/mol. The largest absolute Gasteiger partial charge is 0.495 e. The van der Waals surface area contributed by atoms with Gasteiger partial charge < -0.3 is 10.1 Å². The van der Waals surface area contributed by atoms with Crippen molar-refractivity contribution >= 4 is 43.6 Å². The summed E-state index contributed by atoms with van der Waals surface area (Å²) in [5, 5.41) is 2.69. The third-order valence-electron chi connectivity index (χ3n) is 4.09. The van der Waals surface area contributed by atoms with Crippen molar-refractivity contribution in [3.63, 3.8) is 0 Å². The quantitative estimate of drug-likeness (QED) is 0.593. The highest BCUT2D eigenvalue weighted by atomic mass is 79.9. The van der Waals surface area contributed by atoms with Crippen LogP contribution in [0.3, 0.4) is 0 Å². The lowest BCUT2D eigenvalue weighted by atomic mass is 10.2. The first-order chi connectivity index (χ1) is 13.3. The summed E-state index contributed by atoms with van der Waals surface area (Å²) < 4.78 is 32.9. The number of carbonyl (C=O) groups is 1. The number of hydrogen-bond donors (Lipinski definition) is 1. The Morgan fingerprint density at radius 2 is 1.86 bits per heavy atom. The van der Waals surface area contributed by atoms with E-state index in [9.17, 15) is 13.2 Å². The number of benzene rings is 2. The molecule has 2 aromatic carbocycles. The Bertz CT molecular complexity index is 970. The number of halogens is 1. The summed E-state index contributed by atoms with van der Waals surface area (Å²) in [7, 11) is -2.18. The second-order valence-corrected chi connectivity index (χ2v) is 8.59. The first kappa shape index (κ1) is 22.1. The highest BCUT2D eigenvalue weighted by Gasteiger charge is 2.23. The van der Waals surface area contributed by atoms with Gasteiger partial charge >= 0.3 is 0 Å². The molecule has 0 radical (unpaired) electrons. The SMILES string of the molecule is CCN(CC)S(=O)(=O)c1ccc(OC)c(NC(=O)C=Cc2ccccc2Br)c1. The third kappa shape index (κ3) is 5.21. The second-order valence-electron chi connectivity index (χ2n) is 5.80. The van der Waals surface area contributed by atoms with Crippen LogP contribution in [0.25, 0.3) is 6.08 Å². The minimum Gasteiger partial charge on any atom is -0.495 e. The van der Waals surface area contributed by atoms with E-state index in [1.54, 1.807) is 19.9 Å². The molecule has 2 rings (SSSR count). The normalized spacial score (nSPS) is 11.8. The van der Waals surface area contributed by atoms with Crippen molar-refractivity contribution in [3.8, 4) is 5.75 Å². The standard InChI is InChI=1S/C20H23BrN2O4S/c1-4-23(5-2)28(25,26)16-11-12-19(27-3)18(14-16)22-20(24)13-10-15-8-6-7-9-17(15)21/h6-14H,4-5H2,1-3H3,(H,22,24). The van der Waals surface area contributed by atoms with Crippen LogP contribution < -0.4 is 10.1 Å². The topological polar surface area (TPSA) is 75.7 Å². The van der Waals surface area contributed by atoms with Crippen molar-refractivity contribution in [1.82, 2.24) is 4.31 Å². The highest BCUT2D eigenvalue weighted by Crippen LogP contribution is 2.29. The van der Waals surface area contributed by atoms with Crippen molar-refractivity contribution < 1.29 is 17.9 Å². The van der Waals surface area contributed by atoms with E-state index < -0.39 is 15.9 Å². The zero-order valence-electron chi connectivity index (χ0n) is 16.0. The van der Waals surface area contributed by atoms with E-state index >= 15 is 0 Å². The van der Waals surface area contributed by atoms with Gasteiger partial charge in [0.1, 0.15) is 5.75 Å². The van der Waals surface area contributed by atoms with Crippen LogP contribution >= 0.6 is 15.9 Å². The van der Waals surface area contributed by atoms with Crippen LogP contribution in [0.2, 0.25) is 0 Å². The number of nitrogens with one attached hydrogen (secondary N) is 1. The van der Waals surface area contributed by atoms with E-state index in [1.807, 2.05) is 24.3 Å². The fraction of sp³-hybridized carbons (Fsp3) is 0.250. The highest BCUT2D eigenvalue weighted by molar-refractivity contribution is 9.10. The Morgan fingerprint density at radius 3 is 2.46 bits per heavy atom. The van der Waals surface area contributed by atoms with Gasteiger partial charge in [0.2, 0.25) is 15.9 Å². The summed E-state index contributed by atoms with van der Waals surface area (Å²) in [4.78, 5) is 12.4. The molecule has 0 aliphatic rings. The summed E-state index contributed by atoms with van der Waals surface area (Å²) in [6.07, 6.45) is 3.05. The molecule has 0 aliphatic carbocycles. The van der Waals surface area contributed by atoms with E-state index in [4.69, 9.17) is 4.74 Å². The number of anilines is 1. The molecule has 8 heteroatoms. The van der Waals surface area contributed by atoms with Crippen molar-refractivity contribution in [2.45, 2.75) is 18.7 Å². The van der Waals surface area contributed by atoms with E-state index in [0.29, 0.717) is 18.8 Å². The Labute approximate surface area is 174 Å². The molecule has 0 aromatic heterocycles. The maximum atomic E-state index is 12.7. The van der Waals surface area contributed by atoms with Crippen molar-refractivity contribution in [2.75, 3.05) is 25.5 Å². The van der Waals surface area contributed by atoms with Gasteiger partial charge in [0.25, 0.3) is 0 Å². The van der Waals surface area contributed by atoms with E-state index in [0.717, 1.165) is 10.0 Å². The van der Waals surface area contributed by atoms with Gasteiger partial charge in [0.05, 0.1) is 17.7 Å². The lowest BCUT2D eigenvalue weighted by molar-refractivity contribution is -0.111. The fourth-order valence-corrected chi connectivity index (χ4v) is 4.51. The molecule has 0 heterocycles. The molecule has 6 nitrogen and oxygen atoms in total. The third-order valence-corrected chi connectivity index (χ3v) is 6.86. The van der Waals surface area contributed by atoms with Crippen molar-refractivity contribution in [3.05, 3.63) is 58.6 Å². The smallest absolute Gasteiger partial charge is 0.248 e. The molecule has 150 valence electrons. The monoisotopic (exact) mass is 466 g/mol. The summed E-state index contributed by atoms with van der Waals surface area (Å²) in [6.45, 7) is 4.28. The van der Waals surface area contributed by atoms with Gasteiger partial charge in [-0.2, -0.15) is 4.31 Å². The number of ether oxygens (including phenoxy) is 1. The van der Waals surface area contributed by atoms with E-state index in [2.05, 4.69) is 21.2 Å². The minimum atomic E-state index is -3.64. The van der Waals surface area contributed by atoms with Gasteiger partial charge in [-0.3, -0.25) is 4.79 Å². The lowest BCUT2D eigenvalue weighted by Crippen LogP contribution is -2.30. The fourth-order valence-electron chi connectivity index (χ4n) is 2.61. The van der Waals surface area contributed by atoms with Crippen LogP contribution in [0.1, 0.15) is 19.4 Å². The molecule has 1 amide bonds. The predicted molar refractivity (Wildman–Crippen MR) is 115 cm³/mol. The summed E-state index contributed by atoms with van der Waals surface area (Å²) in [5.41, 5.74) is 1.14. The average molecular weight is 467 g/mol. The van der Waals surface area contributed by atoms with Gasteiger partial charge in [-0.1, -0.05) is 48.0 Å². The molecule has 0 saturated carbocycles. The number of amides is 1. The Kier molecular flexibility index (Phi) is 7.79. The number of rotatable bonds is 8. The van der Waals surface area contributed by atoms with Crippen LogP contribution in [-0.4, -0.2) is 38.8 Å². The van der Waals surface area contributed by atoms with Gasteiger partial charge in [-0.05, 0) is 35.9 Å². The molecule has 0 unspecified atom stereocenters. The van der Waals surface area contributed by atoms with Gasteiger partial charge in [0.15, 0.2) is 0 Å². The van der Waals surface area contributed by atoms with Crippen LogP contribution in [0, 0.1) is 0 Å². The molecule has 0 fully saturated rings. The molecule has 0 aliphatic heterocycles. The molecule has 0 spiro atoms. The predicted octanol–water partition coefficient (Wildman–Crippen LogP) is 4.14. The summed E-state index contributed by atoms with van der Waals surface area (Å²) >= 11 is 3.42. The number of methoxy groups -OCH3 is 1. The molecule has 1 N–H and O–H groups in total. The Hall–Kier alpha value is -2.16. The van der Waals surface area contributed by atoms with Crippen molar-refractivity contribution in [1.29, 1.82) is 0 Å². The molecule has 2 aromatic rings. The summed E-state index contributed by atoms with van der Waals surface area (Å²) in [6, 6.07) is 11.9. The second kappa shape index (κ2) is 9.86.